The smallest absolute Gasteiger partial charge is 0.414 e. The third-order valence-corrected chi connectivity index (χ3v) is 8.15. The van der Waals surface area contributed by atoms with Crippen molar-refractivity contribution in [3.8, 4) is 0 Å². The van der Waals surface area contributed by atoms with E-state index in [0.29, 0.717) is 11.4 Å². The molecule has 0 bridgehead atoms. The monoisotopic (exact) mass is 595 g/mol. The highest BCUT2D eigenvalue weighted by molar-refractivity contribution is 5.96. The van der Waals surface area contributed by atoms with Crippen LogP contribution in [0.4, 0.5) is 22.0 Å². The van der Waals surface area contributed by atoms with Crippen LogP contribution in [-0.4, -0.2) is 76.3 Å². The molecule has 0 spiro atoms. The third kappa shape index (κ3) is 6.52. The molecule has 3 aromatic heterocycles. The summed E-state index contributed by atoms with van der Waals surface area (Å²) in [6, 6.07) is 5.07. The SMILES string of the molecule is CO[C@H]1CC[C@@H]1NC(=O)c1cnc2c(N(C)C(=O)OC(C)(C)C)cc(Nc3cccn([C@H]4CC[C@H](OC)CC4)c3=O)nn12. The van der Waals surface area contributed by atoms with E-state index in [4.69, 9.17) is 14.2 Å². The zero-order chi connectivity index (χ0) is 30.9. The third-order valence-electron chi connectivity index (χ3n) is 8.15. The van der Waals surface area contributed by atoms with Gasteiger partial charge in [-0.3, -0.25) is 14.5 Å². The quantitative estimate of drug-likeness (QED) is 0.395. The van der Waals surface area contributed by atoms with Crippen molar-refractivity contribution in [3.05, 3.63) is 46.6 Å². The fourth-order valence-electron chi connectivity index (χ4n) is 5.59. The van der Waals surface area contributed by atoms with Gasteiger partial charge >= 0.3 is 6.09 Å². The van der Waals surface area contributed by atoms with E-state index in [-0.39, 0.29) is 52.9 Å². The first-order chi connectivity index (χ1) is 20.5. The number of imidazole rings is 1. The summed E-state index contributed by atoms with van der Waals surface area (Å²) < 4.78 is 19.6. The molecule has 232 valence electrons. The topological polar surface area (TPSA) is 141 Å². The molecule has 2 saturated carbocycles. The van der Waals surface area contributed by atoms with Crippen LogP contribution in [0.1, 0.15) is 75.8 Å². The molecule has 2 amide bonds. The molecule has 0 saturated heterocycles. The number of rotatable bonds is 8. The van der Waals surface area contributed by atoms with Crippen LogP contribution in [0.5, 0.6) is 0 Å². The molecule has 5 rings (SSSR count). The number of anilines is 3. The summed E-state index contributed by atoms with van der Waals surface area (Å²) in [4.78, 5) is 45.7. The number of hydrogen-bond acceptors (Lipinski definition) is 9. The first kappa shape index (κ1) is 30.5. The van der Waals surface area contributed by atoms with Crippen molar-refractivity contribution in [2.45, 2.75) is 89.2 Å². The Morgan fingerprint density at radius 2 is 1.81 bits per heavy atom. The standard InChI is InChI=1S/C30H41N7O6/c1-30(2,3)43-29(40)35(4)22-16-25(32-21-8-7-15-36(28(21)39)18-9-11-19(41-5)12-10-18)34-37-23(17-31-26(22)37)27(38)33-20-13-14-24(20)42-6/h7-8,15-20,24H,9-14H2,1-6H3,(H,32,34)(H,33,38)/t18-,19-,20-,24-/m0/s1. The van der Waals surface area contributed by atoms with Crippen LogP contribution in [0.2, 0.25) is 0 Å². The van der Waals surface area contributed by atoms with Gasteiger partial charge in [0.1, 0.15) is 11.3 Å². The molecule has 2 N–H and O–H groups in total. The van der Waals surface area contributed by atoms with Gasteiger partial charge in [0.15, 0.2) is 17.2 Å². The maximum atomic E-state index is 13.6. The van der Waals surface area contributed by atoms with Crippen molar-refractivity contribution in [2.24, 2.45) is 0 Å². The lowest BCUT2D eigenvalue weighted by Gasteiger charge is -2.35. The molecule has 13 heteroatoms. The zero-order valence-electron chi connectivity index (χ0n) is 25.6. The van der Waals surface area contributed by atoms with Gasteiger partial charge in [0, 0.05) is 39.6 Å². The Labute approximate surface area is 250 Å². The van der Waals surface area contributed by atoms with Gasteiger partial charge in [0.25, 0.3) is 11.5 Å². The minimum absolute atomic E-state index is 0.0491. The van der Waals surface area contributed by atoms with Crippen molar-refractivity contribution in [2.75, 3.05) is 31.5 Å². The number of pyridine rings is 1. The predicted octanol–water partition coefficient (Wildman–Crippen LogP) is 4.04. The minimum atomic E-state index is -0.728. The fraction of sp³-hybridized carbons (Fsp3) is 0.567. The second-order valence-corrected chi connectivity index (χ2v) is 12.2. The first-order valence-corrected chi connectivity index (χ1v) is 14.7. The van der Waals surface area contributed by atoms with Crippen molar-refractivity contribution in [1.82, 2.24) is 24.5 Å². The van der Waals surface area contributed by atoms with E-state index in [1.807, 2.05) is 6.07 Å². The Bertz CT molecular complexity index is 1530. The Balaban J connectivity index is 1.50. The van der Waals surface area contributed by atoms with Crippen LogP contribution in [0, 0.1) is 0 Å². The molecule has 3 aromatic rings. The second kappa shape index (κ2) is 12.3. The molecule has 0 aromatic carbocycles. The number of amides is 2. The fourth-order valence-corrected chi connectivity index (χ4v) is 5.59. The van der Waals surface area contributed by atoms with Gasteiger partial charge in [0.05, 0.1) is 30.1 Å². The van der Waals surface area contributed by atoms with E-state index in [1.54, 1.807) is 64.9 Å². The predicted molar refractivity (Wildman–Crippen MR) is 161 cm³/mol. The van der Waals surface area contributed by atoms with E-state index in [2.05, 4.69) is 20.7 Å². The molecular weight excluding hydrogens is 554 g/mol. The van der Waals surface area contributed by atoms with Crippen LogP contribution in [0.3, 0.4) is 0 Å². The molecule has 43 heavy (non-hydrogen) atoms. The lowest BCUT2D eigenvalue weighted by Crippen LogP contribution is -2.51. The molecule has 2 fully saturated rings. The summed E-state index contributed by atoms with van der Waals surface area (Å²) >= 11 is 0. The van der Waals surface area contributed by atoms with Gasteiger partial charge in [-0.05, 0) is 71.4 Å². The lowest BCUT2D eigenvalue weighted by atomic mass is 9.89. The molecule has 0 aliphatic heterocycles. The highest BCUT2D eigenvalue weighted by atomic mass is 16.6. The normalized spacial score (nSPS) is 22.1. The summed E-state index contributed by atoms with van der Waals surface area (Å²) in [5.41, 5.74) is 0.206. The maximum absolute atomic E-state index is 13.6. The second-order valence-electron chi connectivity index (χ2n) is 12.2. The Morgan fingerprint density at radius 3 is 2.44 bits per heavy atom. The number of aromatic nitrogens is 4. The van der Waals surface area contributed by atoms with Crippen LogP contribution < -0.4 is 21.1 Å². The average molecular weight is 596 g/mol. The zero-order valence-corrected chi connectivity index (χ0v) is 25.6. The number of carbonyl (C=O) groups excluding carboxylic acids is 2. The summed E-state index contributed by atoms with van der Waals surface area (Å²) in [7, 11) is 4.90. The number of nitrogens with one attached hydrogen (secondary N) is 2. The number of fused-ring (bicyclic) bond motifs is 1. The molecule has 13 nitrogen and oxygen atoms in total. The Kier molecular flexibility index (Phi) is 8.74. The van der Waals surface area contributed by atoms with E-state index in [0.717, 1.165) is 38.5 Å². The number of nitrogens with zero attached hydrogens (tertiary/aromatic N) is 5. The van der Waals surface area contributed by atoms with Gasteiger partial charge in [-0.15, -0.1) is 5.10 Å². The van der Waals surface area contributed by atoms with Crippen molar-refractivity contribution in [1.29, 1.82) is 0 Å². The molecule has 3 heterocycles. The maximum Gasteiger partial charge on any atom is 0.414 e. The van der Waals surface area contributed by atoms with Gasteiger partial charge in [-0.2, -0.15) is 0 Å². The number of carbonyl (C=O) groups is 2. The van der Waals surface area contributed by atoms with E-state index < -0.39 is 11.7 Å². The number of ether oxygens (including phenoxy) is 3. The van der Waals surface area contributed by atoms with Gasteiger partial charge < -0.3 is 29.4 Å². The molecule has 0 unspecified atom stereocenters. The largest absolute Gasteiger partial charge is 0.443 e. The summed E-state index contributed by atoms with van der Waals surface area (Å²) in [5.74, 6) is -0.121. The van der Waals surface area contributed by atoms with E-state index in [9.17, 15) is 14.4 Å². The number of hydrogen-bond donors (Lipinski definition) is 2. The van der Waals surface area contributed by atoms with Crippen molar-refractivity contribution < 1.29 is 23.8 Å². The van der Waals surface area contributed by atoms with Gasteiger partial charge in [-0.25, -0.2) is 14.3 Å². The summed E-state index contributed by atoms with van der Waals surface area (Å²) in [5, 5.41) is 10.8. The summed E-state index contributed by atoms with van der Waals surface area (Å²) in [6.45, 7) is 5.34. The van der Waals surface area contributed by atoms with Gasteiger partial charge in [0.2, 0.25) is 0 Å². The Hall–Kier alpha value is -3.97. The van der Waals surface area contributed by atoms with E-state index >= 15 is 0 Å². The molecular formula is C30H41N7O6. The first-order valence-electron chi connectivity index (χ1n) is 14.7. The Morgan fingerprint density at radius 1 is 1.07 bits per heavy atom. The molecule has 2 atom stereocenters. The van der Waals surface area contributed by atoms with Crippen molar-refractivity contribution in [3.63, 3.8) is 0 Å². The lowest BCUT2D eigenvalue weighted by molar-refractivity contribution is 0.00718. The molecule has 2 aliphatic rings. The van der Waals surface area contributed by atoms with Crippen LogP contribution in [0.25, 0.3) is 5.65 Å². The van der Waals surface area contributed by atoms with E-state index in [1.165, 1.54) is 15.6 Å². The summed E-state index contributed by atoms with van der Waals surface area (Å²) in [6.07, 6.45) is 7.92. The van der Waals surface area contributed by atoms with Crippen LogP contribution >= 0.6 is 0 Å². The van der Waals surface area contributed by atoms with Crippen molar-refractivity contribution >= 4 is 34.8 Å². The van der Waals surface area contributed by atoms with Crippen LogP contribution in [0.15, 0.2) is 35.4 Å². The number of methoxy groups -OCH3 is 2. The highest BCUT2D eigenvalue weighted by Crippen LogP contribution is 2.30. The average Bonchev–Trinajstić information content (AvgIpc) is 3.39. The highest BCUT2D eigenvalue weighted by Gasteiger charge is 2.33. The van der Waals surface area contributed by atoms with Gasteiger partial charge in [-0.1, -0.05) is 0 Å². The molecule has 2 aliphatic carbocycles. The van der Waals surface area contributed by atoms with Crippen LogP contribution in [-0.2, 0) is 14.2 Å². The minimum Gasteiger partial charge on any atom is -0.443 e. The molecule has 0 radical (unpaired) electrons.